The van der Waals surface area contributed by atoms with Gasteiger partial charge in [-0.25, -0.2) is 0 Å². The normalized spacial score (nSPS) is 20.2. The number of anilines is 1. The summed E-state index contributed by atoms with van der Waals surface area (Å²) in [6, 6.07) is 7.53. The lowest BCUT2D eigenvalue weighted by Gasteiger charge is -2.25. The molecule has 1 aromatic carbocycles. The lowest BCUT2D eigenvalue weighted by molar-refractivity contribution is -0.144. The van der Waals surface area contributed by atoms with Crippen LogP contribution < -0.4 is 10.6 Å². The predicted molar refractivity (Wildman–Crippen MR) is 90.5 cm³/mol. The van der Waals surface area contributed by atoms with E-state index in [1.165, 1.54) is 6.92 Å². The van der Waals surface area contributed by atoms with Crippen molar-refractivity contribution in [1.82, 2.24) is 5.32 Å². The van der Waals surface area contributed by atoms with Crippen LogP contribution in [0, 0.1) is 11.8 Å². The van der Waals surface area contributed by atoms with Gasteiger partial charge in [0.05, 0.1) is 5.92 Å². The van der Waals surface area contributed by atoms with E-state index in [2.05, 4.69) is 10.6 Å². The van der Waals surface area contributed by atoms with Crippen molar-refractivity contribution in [2.24, 2.45) is 11.8 Å². The van der Waals surface area contributed by atoms with Crippen LogP contribution in [0.3, 0.4) is 0 Å². The number of hydrogen-bond donors (Lipinski definition) is 3. The fraction of sp³-hybridized carbons (Fsp3) is 0.500. The Kier molecular flexibility index (Phi) is 6.35. The van der Waals surface area contributed by atoms with Crippen molar-refractivity contribution in [3.8, 4) is 0 Å². The number of amides is 2. The Hall–Kier alpha value is -2.37. The van der Waals surface area contributed by atoms with Crippen molar-refractivity contribution in [1.29, 1.82) is 0 Å². The molecule has 3 N–H and O–H groups in total. The van der Waals surface area contributed by atoms with Crippen molar-refractivity contribution in [2.45, 2.75) is 39.0 Å². The number of carboxylic acid groups (broad SMARTS) is 1. The fourth-order valence-corrected chi connectivity index (χ4v) is 3.03. The highest BCUT2D eigenvalue weighted by molar-refractivity contribution is 5.88. The first-order valence-electron chi connectivity index (χ1n) is 8.32. The van der Waals surface area contributed by atoms with Crippen LogP contribution in [0.2, 0.25) is 0 Å². The summed E-state index contributed by atoms with van der Waals surface area (Å²) in [4.78, 5) is 34.0. The highest BCUT2D eigenvalue weighted by Crippen LogP contribution is 2.28. The van der Waals surface area contributed by atoms with Crippen LogP contribution in [0.15, 0.2) is 24.3 Å². The summed E-state index contributed by atoms with van der Waals surface area (Å²) in [7, 11) is 0. The van der Waals surface area contributed by atoms with E-state index >= 15 is 0 Å². The first kappa shape index (κ1) is 18.0. The summed E-state index contributed by atoms with van der Waals surface area (Å²) in [6.45, 7) is 2.02. The van der Waals surface area contributed by atoms with Crippen molar-refractivity contribution in [3.05, 3.63) is 29.8 Å². The number of carbonyl (C=O) groups excluding carboxylic acids is 2. The molecule has 2 amide bonds. The maximum atomic E-state index is 12.1. The Morgan fingerprint density at radius 3 is 2.17 bits per heavy atom. The third-order valence-corrected chi connectivity index (χ3v) is 4.43. The van der Waals surface area contributed by atoms with Gasteiger partial charge in [-0.15, -0.1) is 0 Å². The van der Waals surface area contributed by atoms with Crippen LogP contribution in [0.1, 0.15) is 38.2 Å². The molecule has 0 spiro atoms. The van der Waals surface area contributed by atoms with Gasteiger partial charge in [-0.3, -0.25) is 14.4 Å². The molecule has 6 nitrogen and oxygen atoms in total. The Morgan fingerprint density at radius 1 is 1.04 bits per heavy atom. The van der Waals surface area contributed by atoms with Gasteiger partial charge in [-0.2, -0.15) is 0 Å². The molecule has 0 saturated heterocycles. The number of carbonyl (C=O) groups is 3. The molecule has 0 aromatic heterocycles. The summed E-state index contributed by atoms with van der Waals surface area (Å²) in [6.07, 6.45) is 3.18. The first-order chi connectivity index (χ1) is 11.5. The van der Waals surface area contributed by atoms with Crippen LogP contribution >= 0.6 is 0 Å². The van der Waals surface area contributed by atoms with Gasteiger partial charge in [0.25, 0.3) is 0 Å². The zero-order chi connectivity index (χ0) is 17.5. The average Bonchev–Trinajstić information content (AvgIpc) is 2.56. The second-order valence-corrected chi connectivity index (χ2v) is 6.31. The third kappa shape index (κ3) is 5.37. The van der Waals surface area contributed by atoms with E-state index in [0.717, 1.165) is 17.7 Å². The lowest BCUT2D eigenvalue weighted by atomic mass is 9.81. The number of rotatable bonds is 6. The van der Waals surface area contributed by atoms with Crippen molar-refractivity contribution in [2.75, 3.05) is 11.9 Å². The Bertz CT molecular complexity index is 590. The molecule has 0 aliphatic heterocycles. The SMILES string of the molecule is CC(=O)Nc1ccc(CCNC(=O)C2CCC(C(=O)O)CC2)cc1. The van der Waals surface area contributed by atoms with Gasteiger partial charge in [-0.05, 0) is 49.8 Å². The zero-order valence-electron chi connectivity index (χ0n) is 13.9. The third-order valence-electron chi connectivity index (χ3n) is 4.43. The van der Waals surface area contributed by atoms with Crippen LogP contribution in [-0.4, -0.2) is 29.4 Å². The van der Waals surface area contributed by atoms with Crippen LogP contribution in [0.4, 0.5) is 5.69 Å². The number of carboxylic acids is 1. The largest absolute Gasteiger partial charge is 0.481 e. The van der Waals surface area contributed by atoms with Gasteiger partial charge in [0.15, 0.2) is 0 Å². The maximum Gasteiger partial charge on any atom is 0.306 e. The Morgan fingerprint density at radius 2 is 1.62 bits per heavy atom. The van der Waals surface area contributed by atoms with Crippen molar-refractivity contribution >= 4 is 23.5 Å². The van der Waals surface area contributed by atoms with Gasteiger partial charge >= 0.3 is 5.97 Å². The molecule has 1 fully saturated rings. The molecule has 2 rings (SSSR count). The molecule has 0 heterocycles. The Labute approximate surface area is 141 Å². The van der Waals surface area contributed by atoms with E-state index in [4.69, 9.17) is 5.11 Å². The molecule has 1 aliphatic rings. The highest BCUT2D eigenvalue weighted by atomic mass is 16.4. The van der Waals surface area contributed by atoms with E-state index in [-0.39, 0.29) is 23.7 Å². The second kappa shape index (κ2) is 8.47. The highest BCUT2D eigenvalue weighted by Gasteiger charge is 2.29. The molecule has 0 radical (unpaired) electrons. The number of nitrogens with one attached hydrogen (secondary N) is 2. The standard InChI is InChI=1S/C18H24N2O4/c1-12(21)20-16-8-2-13(3-9-16)10-11-19-17(22)14-4-6-15(7-5-14)18(23)24/h2-3,8-9,14-15H,4-7,10-11H2,1H3,(H,19,22)(H,20,21)(H,23,24). The summed E-state index contributed by atoms with van der Waals surface area (Å²) in [5, 5.41) is 14.6. The smallest absolute Gasteiger partial charge is 0.306 e. The molecular formula is C18H24N2O4. The van der Waals surface area contributed by atoms with E-state index in [1.807, 2.05) is 24.3 Å². The first-order valence-corrected chi connectivity index (χ1v) is 8.32. The number of hydrogen-bond acceptors (Lipinski definition) is 3. The summed E-state index contributed by atoms with van der Waals surface area (Å²) < 4.78 is 0. The van der Waals surface area contributed by atoms with Crippen LogP contribution in [0.5, 0.6) is 0 Å². The molecule has 1 aromatic rings. The van der Waals surface area contributed by atoms with Gasteiger partial charge in [-0.1, -0.05) is 12.1 Å². The fourth-order valence-electron chi connectivity index (χ4n) is 3.03. The maximum absolute atomic E-state index is 12.1. The Balaban J connectivity index is 1.71. The van der Waals surface area contributed by atoms with Gasteiger partial charge < -0.3 is 15.7 Å². The van der Waals surface area contributed by atoms with Crippen molar-refractivity contribution in [3.63, 3.8) is 0 Å². The van der Waals surface area contributed by atoms with E-state index in [0.29, 0.717) is 32.2 Å². The molecule has 130 valence electrons. The molecule has 0 unspecified atom stereocenters. The number of benzene rings is 1. The molecule has 0 atom stereocenters. The molecular weight excluding hydrogens is 308 g/mol. The molecule has 1 saturated carbocycles. The zero-order valence-corrected chi connectivity index (χ0v) is 13.9. The van der Waals surface area contributed by atoms with Gasteiger partial charge in [0, 0.05) is 25.1 Å². The summed E-state index contributed by atoms with van der Waals surface area (Å²) in [5.41, 5.74) is 1.84. The average molecular weight is 332 g/mol. The van der Waals surface area contributed by atoms with Crippen molar-refractivity contribution < 1.29 is 19.5 Å². The van der Waals surface area contributed by atoms with E-state index in [1.54, 1.807) is 0 Å². The lowest BCUT2D eigenvalue weighted by Crippen LogP contribution is -2.35. The monoisotopic (exact) mass is 332 g/mol. The minimum Gasteiger partial charge on any atom is -0.481 e. The van der Waals surface area contributed by atoms with E-state index < -0.39 is 5.97 Å². The quantitative estimate of drug-likeness (QED) is 0.744. The number of aliphatic carboxylic acids is 1. The second-order valence-electron chi connectivity index (χ2n) is 6.31. The molecule has 6 heteroatoms. The predicted octanol–water partition coefficient (Wildman–Crippen LogP) is 2.19. The minimum absolute atomic E-state index is 0.0219. The molecule has 1 aliphatic carbocycles. The van der Waals surface area contributed by atoms with Crippen LogP contribution in [-0.2, 0) is 20.8 Å². The van der Waals surface area contributed by atoms with Gasteiger partial charge in [0.1, 0.15) is 0 Å². The minimum atomic E-state index is -0.753. The van der Waals surface area contributed by atoms with Crippen LogP contribution in [0.25, 0.3) is 0 Å². The summed E-state index contributed by atoms with van der Waals surface area (Å²) >= 11 is 0. The van der Waals surface area contributed by atoms with Gasteiger partial charge in [0.2, 0.25) is 11.8 Å². The van der Waals surface area contributed by atoms with E-state index in [9.17, 15) is 14.4 Å². The summed E-state index contributed by atoms with van der Waals surface area (Å²) in [5.74, 6) is -1.20. The topological polar surface area (TPSA) is 95.5 Å². The molecule has 24 heavy (non-hydrogen) atoms. The molecule has 0 bridgehead atoms.